The number of carbonyl (C=O) groups excluding carboxylic acids is 2. The second-order valence-corrected chi connectivity index (χ2v) is 7.51. The third-order valence-corrected chi connectivity index (χ3v) is 5.37. The summed E-state index contributed by atoms with van der Waals surface area (Å²) in [6.45, 7) is 2.39. The Bertz CT molecular complexity index is 740. The Labute approximate surface area is 174 Å². The van der Waals surface area contributed by atoms with Gasteiger partial charge in [0.15, 0.2) is 0 Å². The molecule has 1 aromatic carbocycles. The molecule has 1 aromatic rings. The summed E-state index contributed by atoms with van der Waals surface area (Å²) in [7, 11) is 0. The molecule has 2 fully saturated rings. The summed E-state index contributed by atoms with van der Waals surface area (Å²) in [5.74, 6) is -0.226. The van der Waals surface area contributed by atoms with E-state index in [1.165, 1.54) is 18.2 Å². The zero-order valence-electron chi connectivity index (χ0n) is 15.4. The molecule has 10 heteroatoms. The number of hydrogen-bond acceptors (Lipinski definition) is 5. The van der Waals surface area contributed by atoms with Gasteiger partial charge in [-0.1, -0.05) is 11.6 Å². The predicted molar refractivity (Wildman–Crippen MR) is 108 cm³/mol. The highest BCUT2D eigenvalue weighted by Crippen LogP contribution is 2.26. The van der Waals surface area contributed by atoms with Crippen molar-refractivity contribution in [1.82, 2.24) is 15.5 Å². The van der Waals surface area contributed by atoms with Crippen LogP contribution in [0.5, 0.6) is 0 Å². The number of nitrogens with zero attached hydrogens (tertiary/aromatic N) is 2. The number of nitro groups is 1. The van der Waals surface area contributed by atoms with E-state index in [0.29, 0.717) is 19.6 Å². The van der Waals surface area contributed by atoms with Crippen LogP contribution in [-0.2, 0) is 4.79 Å². The third-order valence-electron chi connectivity index (χ3n) is 5.13. The molecule has 8 nitrogen and oxygen atoms in total. The lowest BCUT2D eigenvalue weighted by atomic mass is 9.97. The van der Waals surface area contributed by atoms with Crippen LogP contribution in [0.3, 0.4) is 0 Å². The van der Waals surface area contributed by atoms with Crippen molar-refractivity contribution in [2.75, 3.05) is 26.2 Å². The molecule has 0 radical (unpaired) electrons. The zero-order valence-corrected chi connectivity index (χ0v) is 16.9. The van der Waals surface area contributed by atoms with Crippen molar-refractivity contribution in [3.63, 3.8) is 0 Å². The second-order valence-electron chi connectivity index (χ2n) is 7.07. The molecule has 2 saturated heterocycles. The fourth-order valence-electron chi connectivity index (χ4n) is 3.70. The molecule has 154 valence electrons. The van der Waals surface area contributed by atoms with Crippen molar-refractivity contribution in [2.45, 2.75) is 31.7 Å². The van der Waals surface area contributed by atoms with Crippen LogP contribution >= 0.6 is 24.0 Å². The van der Waals surface area contributed by atoms with Gasteiger partial charge in [-0.2, -0.15) is 0 Å². The van der Waals surface area contributed by atoms with Crippen LogP contribution in [-0.4, -0.2) is 53.9 Å². The van der Waals surface area contributed by atoms with Gasteiger partial charge < -0.3 is 15.5 Å². The number of nitrogens with one attached hydrogen (secondary N) is 2. The highest BCUT2D eigenvalue weighted by Gasteiger charge is 2.30. The van der Waals surface area contributed by atoms with E-state index in [9.17, 15) is 19.7 Å². The molecule has 2 aliphatic rings. The average Bonchev–Trinajstić information content (AvgIpc) is 3.20. The third kappa shape index (κ3) is 5.33. The van der Waals surface area contributed by atoms with Crippen LogP contribution in [0.4, 0.5) is 5.69 Å². The minimum Gasteiger partial charge on any atom is -0.354 e. The smallest absolute Gasteiger partial charge is 0.283 e. The number of carbonyl (C=O) groups is 2. The van der Waals surface area contributed by atoms with Gasteiger partial charge in [-0.3, -0.25) is 19.7 Å². The summed E-state index contributed by atoms with van der Waals surface area (Å²) in [5, 5.41) is 17.6. The first kappa shape index (κ1) is 22.4. The molecule has 28 heavy (non-hydrogen) atoms. The Morgan fingerprint density at radius 2 is 2.11 bits per heavy atom. The SMILES string of the molecule is Cl.O=C(NCC1CCCN(C(=O)c2ccc(Cl)cc2[N+](=O)[O-])C1)C1CCCN1. The largest absolute Gasteiger partial charge is 0.354 e. The molecule has 2 aliphatic heterocycles. The van der Waals surface area contributed by atoms with E-state index in [1.54, 1.807) is 4.90 Å². The van der Waals surface area contributed by atoms with E-state index in [2.05, 4.69) is 10.6 Å². The quantitative estimate of drug-likeness (QED) is 0.550. The highest BCUT2D eigenvalue weighted by atomic mass is 35.5. The fourth-order valence-corrected chi connectivity index (χ4v) is 3.87. The van der Waals surface area contributed by atoms with Gasteiger partial charge in [-0.15, -0.1) is 12.4 Å². The summed E-state index contributed by atoms with van der Waals surface area (Å²) in [6, 6.07) is 3.96. The Morgan fingerprint density at radius 3 is 2.79 bits per heavy atom. The molecule has 0 aromatic heterocycles. The number of hydrogen-bond donors (Lipinski definition) is 2. The first-order chi connectivity index (χ1) is 13.0. The van der Waals surface area contributed by atoms with Gasteiger partial charge in [0, 0.05) is 30.7 Å². The highest BCUT2D eigenvalue weighted by molar-refractivity contribution is 6.31. The molecule has 0 bridgehead atoms. The molecule has 2 atom stereocenters. The van der Waals surface area contributed by atoms with Crippen LogP contribution in [0.2, 0.25) is 5.02 Å². The van der Waals surface area contributed by atoms with Crippen molar-refractivity contribution in [3.8, 4) is 0 Å². The Morgan fingerprint density at radius 1 is 1.32 bits per heavy atom. The predicted octanol–water partition coefficient (Wildman–Crippen LogP) is 2.39. The monoisotopic (exact) mass is 430 g/mol. The zero-order chi connectivity index (χ0) is 19.4. The lowest BCUT2D eigenvalue weighted by Crippen LogP contribution is -2.46. The normalized spacial score (nSPS) is 21.7. The van der Waals surface area contributed by atoms with E-state index >= 15 is 0 Å². The molecule has 0 spiro atoms. The van der Waals surface area contributed by atoms with Crippen molar-refractivity contribution in [2.24, 2.45) is 5.92 Å². The number of halogens is 2. The number of rotatable bonds is 5. The lowest BCUT2D eigenvalue weighted by molar-refractivity contribution is -0.385. The summed E-state index contributed by atoms with van der Waals surface area (Å²) in [6.07, 6.45) is 3.56. The number of benzene rings is 1. The van der Waals surface area contributed by atoms with Crippen LogP contribution < -0.4 is 10.6 Å². The average molecular weight is 431 g/mol. The lowest BCUT2D eigenvalue weighted by Gasteiger charge is -2.33. The van der Waals surface area contributed by atoms with Gasteiger partial charge in [-0.05, 0) is 50.3 Å². The first-order valence-electron chi connectivity index (χ1n) is 9.20. The van der Waals surface area contributed by atoms with Crippen LogP contribution in [0.1, 0.15) is 36.0 Å². The standard InChI is InChI=1S/C18H23ClN4O4.ClH/c19-13-5-6-14(16(9-13)23(26)27)18(25)22-8-2-3-12(11-22)10-21-17(24)15-4-1-7-20-15;/h5-6,9,12,15,20H,1-4,7-8,10-11H2,(H,21,24);1H. The maximum atomic E-state index is 12.8. The second kappa shape index (κ2) is 10.0. The number of amides is 2. The Balaban J connectivity index is 0.00000280. The Kier molecular flexibility index (Phi) is 8.03. The van der Waals surface area contributed by atoms with Crippen LogP contribution in [0, 0.1) is 16.0 Å². The number of likely N-dealkylation sites (tertiary alicyclic amines) is 1. The summed E-state index contributed by atoms with van der Waals surface area (Å²) >= 11 is 5.82. The molecular weight excluding hydrogens is 407 g/mol. The first-order valence-corrected chi connectivity index (χ1v) is 9.58. The van der Waals surface area contributed by atoms with Crippen molar-refractivity contribution in [1.29, 1.82) is 0 Å². The maximum absolute atomic E-state index is 12.8. The summed E-state index contributed by atoms with van der Waals surface area (Å²) < 4.78 is 0. The minimum atomic E-state index is -0.588. The molecule has 0 saturated carbocycles. The van der Waals surface area contributed by atoms with Gasteiger partial charge in [0.1, 0.15) is 5.56 Å². The molecule has 2 amide bonds. The molecule has 0 aliphatic carbocycles. The van der Waals surface area contributed by atoms with Crippen molar-refractivity contribution >= 4 is 41.5 Å². The van der Waals surface area contributed by atoms with E-state index in [4.69, 9.17) is 11.6 Å². The maximum Gasteiger partial charge on any atom is 0.283 e. The van der Waals surface area contributed by atoms with E-state index in [-0.39, 0.29) is 52.5 Å². The Hall–Kier alpha value is -1.90. The molecular formula is C18H24Cl2N4O4. The minimum absolute atomic E-state index is 0. The number of nitro benzene ring substituents is 1. The van der Waals surface area contributed by atoms with Crippen LogP contribution in [0.15, 0.2) is 18.2 Å². The molecule has 2 unspecified atom stereocenters. The molecule has 2 N–H and O–H groups in total. The summed E-state index contributed by atoms with van der Waals surface area (Å²) in [4.78, 5) is 37.2. The topological polar surface area (TPSA) is 105 Å². The van der Waals surface area contributed by atoms with Crippen molar-refractivity contribution < 1.29 is 14.5 Å². The van der Waals surface area contributed by atoms with Gasteiger partial charge in [0.25, 0.3) is 11.6 Å². The van der Waals surface area contributed by atoms with E-state index in [0.717, 1.165) is 32.2 Å². The van der Waals surface area contributed by atoms with Gasteiger partial charge in [0.05, 0.1) is 11.0 Å². The van der Waals surface area contributed by atoms with Crippen molar-refractivity contribution in [3.05, 3.63) is 38.9 Å². The van der Waals surface area contributed by atoms with Gasteiger partial charge in [-0.25, -0.2) is 0 Å². The number of piperidine rings is 1. The fraction of sp³-hybridized carbons (Fsp3) is 0.556. The van der Waals surface area contributed by atoms with Gasteiger partial charge >= 0.3 is 0 Å². The van der Waals surface area contributed by atoms with E-state index in [1.807, 2.05) is 0 Å². The molecule has 3 rings (SSSR count). The van der Waals surface area contributed by atoms with E-state index < -0.39 is 4.92 Å². The molecule has 2 heterocycles. The summed E-state index contributed by atoms with van der Waals surface area (Å²) in [5.41, 5.74) is -0.237. The van der Waals surface area contributed by atoms with Crippen LogP contribution in [0.25, 0.3) is 0 Å². The van der Waals surface area contributed by atoms with Gasteiger partial charge in [0.2, 0.25) is 5.91 Å².